The molecular weight excluding hydrogens is 300 g/mol. The summed E-state index contributed by atoms with van der Waals surface area (Å²) in [5, 5.41) is 0. The summed E-state index contributed by atoms with van der Waals surface area (Å²) in [6.07, 6.45) is 1.84. The van der Waals surface area contributed by atoms with Crippen molar-refractivity contribution in [1.29, 1.82) is 0 Å². The topological polar surface area (TPSA) is 70.5 Å². The van der Waals surface area contributed by atoms with Gasteiger partial charge in [0, 0.05) is 12.1 Å². The Labute approximate surface area is 145 Å². The summed E-state index contributed by atoms with van der Waals surface area (Å²) < 4.78 is 10.1. The van der Waals surface area contributed by atoms with E-state index in [-0.39, 0.29) is 12.1 Å². The Morgan fingerprint density at radius 1 is 0.667 bits per heavy atom. The number of rotatable bonds is 6. The first kappa shape index (κ1) is 20.0. The van der Waals surface area contributed by atoms with Crippen LogP contribution in [0.25, 0.3) is 0 Å². The Hall–Kier alpha value is -2.04. The molecule has 0 aliphatic carbocycles. The zero-order valence-electron chi connectivity index (χ0n) is 15.2. The summed E-state index contributed by atoms with van der Waals surface area (Å²) >= 11 is 0. The molecule has 0 amide bonds. The smallest absolute Gasteiger partial charge is 0.118 e. The van der Waals surface area contributed by atoms with Crippen LogP contribution >= 0.6 is 0 Å². The predicted molar refractivity (Wildman–Crippen MR) is 101 cm³/mol. The Balaban J connectivity index is 0.000000240. The summed E-state index contributed by atoms with van der Waals surface area (Å²) in [6, 6.07) is 16.4. The molecule has 2 aromatic carbocycles. The molecule has 0 unspecified atom stereocenters. The molecule has 24 heavy (non-hydrogen) atoms. The van der Waals surface area contributed by atoms with Gasteiger partial charge in [0.1, 0.15) is 11.5 Å². The molecule has 4 N–H and O–H groups in total. The molecule has 0 aliphatic heterocycles. The van der Waals surface area contributed by atoms with Crippen molar-refractivity contribution < 1.29 is 9.47 Å². The molecule has 0 radical (unpaired) electrons. The normalized spacial score (nSPS) is 12.6. The van der Waals surface area contributed by atoms with E-state index in [0.29, 0.717) is 0 Å². The maximum absolute atomic E-state index is 5.66. The third kappa shape index (κ3) is 7.99. The van der Waals surface area contributed by atoms with Gasteiger partial charge in [0.05, 0.1) is 14.2 Å². The number of benzene rings is 2. The molecule has 4 heteroatoms. The van der Waals surface area contributed by atoms with Crippen molar-refractivity contribution in [2.75, 3.05) is 14.2 Å². The van der Waals surface area contributed by atoms with E-state index >= 15 is 0 Å². The van der Waals surface area contributed by atoms with Crippen LogP contribution in [-0.2, 0) is 12.8 Å². The van der Waals surface area contributed by atoms with Gasteiger partial charge in [0.25, 0.3) is 0 Å². The van der Waals surface area contributed by atoms with Crippen molar-refractivity contribution in [3.63, 3.8) is 0 Å². The molecule has 2 aromatic rings. The fourth-order valence-corrected chi connectivity index (χ4v) is 2.27. The minimum Gasteiger partial charge on any atom is -0.497 e. The quantitative estimate of drug-likeness (QED) is 0.853. The molecule has 0 saturated carbocycles. The van der Waals surface area contributed by atoms with Gasteiger partial charge in [-0.3, -0.25) is 0 Å². The van der Waals surface area contributed by atoms with Crippen molar-refractivity contribution in [3.05, 3.63) is 59.7 Å². The molecule has 0 aromatic heterocycles. The van der Waals surface area contributed by atoms with E-state index in [4.69, 9.17) is 20.9 Å². The van der Waals surface area contributed by atoms with E-state index in [1.165, 1.54) is 11.1 Å². The lowest BCUT2D eigenvalue weighted by atomic mass is 10.1. The average molecular weight is 330 g/mol. The van der Waals surface area contributed by atoms with Gasteiger partial charge < -0.3 is 20.9 Å². The lowest BCUT2D eigenvalue weighted by Crippen LogP contribution is -2.17. The zero-order valence-corrected chi connectivity index (χ0v) is 15.2. The van der Waals surface area contributed by atoms with Crippen molar-refractivity contribution in [1.82, 2.24) is 0 Å². The minimum atomic E-state index is 0.221. The zero-order chi connectivity index (χ0) is 17.9. The van der Waals surface area contributed by atoms with E-state index in [0.717, 1.165) is 24.3 Å². The first-order chi connectivity index (χ1) is 11.4. The lowest BCUT2D eigenvalue weighted by Gasteiger charge is -2.05. The molecule has 0 aliphatic rings. The lowest BCUT2D eigenvalue weighted by molar-refractivity contribution is 0.414. The Bertz CT molecular complexity index is 510. The largest absolute Gasteiger partial charge is 0.497 e. The predicted octanol–water partition coefficient (Wildman–Crippen LogP) is 3.17. The summed E-state index contributed by atoms with van der Waals surface area (Å²) in [4.78, 5) is 0. The monoisotopic (exact) mass is 330 g/mol. The van der Waals surface area contributed by atoms with Crippen LogP contribution in [0.15, 0.2) is 48.5 Å². The van der Waals surface area contributed by atoms with Crippen LogP contribution < -0.4 is 20.9 Å². The van der Waals surface area contributed by atoms with Crippen LogP contribution in [0.3, 0.4) is 0 Å². The van der Waals surface area contributed by atoms with Gasteiger partial charge in [-0.25, -0.2) is 0 Å². The number of methoxy groups -OCH3 is 2. The fourth-order valence-electron chi connectivity index (χ4n) is 2.27. The summed E-state index contributed by atoms with van der Waals surface area (Å²) in [7, 11) is 3.33. The van der Waals surface area contributed by atoms with Gasteiger partial charge in [0.2, 0.25) is 0 Å². The highest BCUT2D eigenvalue weighted by molar-refractivity contribution is 5.28. The summed E-state index contributed by atoms with van der Waals surface area (Å²) in [6.45, 7) is 4.01. The van der Waals surface area contributed by atoms with Crippen LogP contribution in [0.1, 0.15) is 25.0 Å². The standard InChI is InChI=1S/2C10H15NO/c2*1-8(11)7-9-3-5-10(12-2)6-4-9/h2*3-6,8H,7,11H2,1-2H3/t2*8-/m11/s1. The van der Waals surface area contributed by atoms with Crippen LogP contribution in [-0.4, -0.2) is 26.3 Å². The summed E-state index contributed by atoms with van der Waals surface area (Å²) in [5.74, 6) is 1.78. The van der Waals surface area contributed by atoms with Gasteiger partial charge >= 0.3 is 0 Å². The third-order valence-electron chi connectivity index (χ3n) is 3.43. The maximum atomic E-state index is 5.66. The highest BCUT2D eigenvalue weighted by Crippen LogP contribution is 2.12. The van der Waals surface area contributed by atoms with E-state index in [1.807, 2.05) is 62.4 Å². The van der Waals surface area contributed by atoms with Gasteiger partial charge in [0.15, 0.2) is 0 Å². The highest BCUT2D eigenvalue weighted by Gasteiger charge is 1.98. The fraction of sp³-hybridized carbons (Fsp3) is 0.400. The van der Waals surface area contributed by atoms with Gasteiger partial charge in [-0.05, 0) is 62.1 Å². The average Bonchev–Trinajstić information content (AvgIpc) is 2.56. The van der Waals surface area contributed by atoms with E-state index in [9.17, 15) is 0 Å². The Kier molecular flexibility index (Phi) is 8.90. The highest BCUT2D eigenvalue weighted by atomic mass is 16.5. The number of hydrogen-bond acceptors (Lipinski definition) is 4. The molecule has 2 rings (SSSR count). The molecular formula is C20H30N2O2. The second-order valence-electron chi connectivity index (χ2n) is 6.06. The van der Waals surface area contributed by atoms with Crippen molar-refractivity contribution in [3.8, 4) is 11.5 Å². The van der Waals surface area contributed by atoms with Crippen molar-refractivity contribution in [2.24, 2.45) is 11.5 Å². The van der Waals surface area contributed by atoms with Crippen LogP contribution in [0.4, 0.5) is 0 Å². The molecule has 0 bridgehead atoms. The SMILES string of the molecule is COc1ccc(C[C@@H](C)N)cc1.COc1ccc(C[C@@H](C)N)cc1. The molecule has 4 nitrogen and oxygen atoms in total. The van der Waals surface area contributed by atoms with Crippen LogP contribution in [0, 0.1) is 0 Å². The van der Waals surface area contributed by atoms with E-state index in [1.54, 1.807) is 14.2 Å². The second kappa shape index (κ2) is 10.7. The van der Waals surface area contributed by atoms with Crippen molar-refractivity contribution >= 4 is 0 Å². The van der Waals surface area contributed by atoms with E-state index in [2.05, 4.69) is 0 Å². The molecule has 0 spiro atoms. The Morgan fingerprint density at radius 3 is 1.17 bits per heavy atom. The molecule has 132 valence electrons. The molecule has 0 heterocycles. The third-order valence-corrected chi connectivity index (χ3v) is 3.43. The molecule has 0 fully saturated rings. The van der Waals surface area contributed by atoms with E-state index < -0.39 is 0 Å². The first-order valence-electron chi connectivity index (χ1n) is 8.21. The Morgan fingerprint density at radius 2 is 0.958 bits per heavy atom. The molecule has 2 atom stereocenters. The number of hydrogen-bond donors (Lipinski definition) is 2. The number of ether oxygens (including phenoxy) is 2. The second-order valence-corrected chi connectivity index (χ2v) is 6.06. The first-order valence-corrected chi connectivity index (χ1v) is 8.21. The van der Waals surface area contributed by atoms with Gasteiger partial charge in [-0.1, -0.05) is 24.3 Å². The number of nitrogens with two attached hydrogens (primary N) is 2. The van der Waals surface area contributed by atoms with Crippen molar-refractivity contribution in [2.45, 2.75) is 38.8 Å². The maximum Gasteiger partial charge on any atom is 0.118 e. The molecule has 0 saturated heterocycles. The van der Waals surface area contributed by atoms with Crippen LogP contribution in [0.5, 0.6) is 11.5 Å². The van der Waals surface area contributed by atoms with Crippen LogP contribution in [0.2, 0.25) is 0 Å². The summed E-state index contributed by atoms with van der Waals surface area (Å²) in [5.41, 5.74) is 13.8. The minimum absolute atomic E-state index is 0.221. The van der Waals surface area contributed by atoms with Gasteiger partial charge in [-0.15, -0.1) is 0 Å². The van der Waals surface area contributed by atoms with Gasteiger partial charge in [-0.2, -0.15) is 0 Å².